The first-order valence-electron chi connectivity index (χ1n) is 6.12. The average molecular weight is 270 g/mol. The van der Waals surface area contributed by atoms with Crippen molar-refractivity contribution >= 4 is 0 Å². The molecule has 0 saturated carbocycles. The fraction of sp³-hybridized carbons (Fsp3) is 0.500. The molecule has 0 aliphatic carbocycles. The first-order valence-corrected chi connectivity index (χ1v) is 5.12. The van der Waals surface area contributed by atoms with Crippen LogP contribution in [0.3, 0.4) is 0 Å². The molecule has 1 fully saturated rings. The predicted octanol–water partition coefficient (Wildman–Crippen LogP) is -3.49. The number of nitrogens with one attached hydrogen (secondary N) is 1. The maximum Gasteiger partial charge on any atom is 0.347 e. The monoisotopic (exact) mass is 270 g/mol. The van der Waals surface area contributed by atoms with Crippen LogP contribution < -0.4 is 17.0 Å². The van der Waals surface area contributed by atoms with Crippen LogP contribution in [-0.4, -0.2) is 49.3 Å². The number of hydrogen-bond donors (Lipinski definition) is 4. The van der Waals surface area contributed by atoms with Gasteiger partial charge in [0.2, 0.25) is 0 Å². The molecular formula is C10H12N4O5. The smallest absolute Gasteiger partial charge is 0.347 e. The van der Waals surface area contributed by atoms with Crippen LogP contribution in [0.15, 0.2) is 15.8 Å². The summed E-state index contributed by atoms with van der Waals surface area (Å²) in [7, 11) is 0. The number of hydrogen-bond acceptors (Lipinski definition) is 7. The summed E-state index contributed by atoms with van der Waals surface area (Å²) in [6, 6.07) is 0. The molecule has 0 aromatic carbocycles. The van der Waals surface area contributed by atoms with Crippen LogP contribution in [0.25, 0.3) is 0 Å². The summed E-state index contributed by atoms with van der Waals surface area (Å²) in [5, 5.41) is 22.9. The zero-order chi connectivity index (χ0) is 16.0. The number of rotatable bonds is 2. The minimum absolute atomic E-state index is 0.566. The van der Waals surface area contributed by atoms with E-state index < -0.39 is 41.8 Å². The van der Waals surface area contributed by atoms with Crippen LogP contribution in [-0.2, 0) is 4.74 Å². The molecule has 0 spiro atoms. The molecule has 1 aliphatic heterocycles. The van der Waals surface area contributed by atoms with Gasteiger partial charge in [-0.25, -0.2) is 4.79 Å². The Morgan fingerprint density at radius 3 is 3.00 bits per heavy atom. The van der Waals surface area contributed by atoms with Crippen molar-refractivity contribution in [3.05, 3.63) is 27.0 Å². The number of terminal acetylenes is 1. The van der Waals surface area contributed by atoms with Gasteiger partial charge in [-0.3, -0.25) is 9.78 Å². The van der Waals surface area contributed by atoms with E-state index in [-0.39, 0.29) is 0 Å². The molecule has 5 N–H and O–H groups in total. The highest BCUT2D eigenvalue weighted by Crippen LogP contribution is 2.34. The molecule has 9 nitrogen and oxygen atoms in total. The van der Waals surface area contributed by atoms with Gasteiger partial charge in [0.05, 0.1) is 9.30 Å². The first-order chi connectivity index (χ1) is 9.61. The predicted molar refractivity (Wildman–Crippen MR) is 61.9 cm³/mol. The summed E-state index contributed by atoms with van der Waals surface area (Å²) in [6.07, 6.45) is 0.808. The second-order valence-electron chi connectivity index (χ2n) is 3.94. The summed E-state index contributed by atoms with van der Waals surface area (Å²) in [4.78, 5) is 24.6. The summed E-state index contributed by atoms with van der Waals surface area (Å²) < 4.78 is 20.1. The van der Waals surface area contributed by atoms with Crippen molar-refractivity contribution in [1.82, 2.24) is 14.8 Å². The van der Waals surface area contributed by atoms with E-state index in [0.717, 1.165) is 6.20 Å². The number of H-pyrrole nitrogens is 1. The van der Waals surface area contributed by atoms with Crippen LogP contribution in [0.2, 0.25) is 0 Å². The number of aromatic nitrogens is 3. The lowest BCUT2D eigenvalue weighted by Crippen LogP contribution is -2.55. The molecule has 19 heavy (non-hydrogen) atoms. The number of aliphatic hydroxyl groups excluding tert-OH is 1. The summed E-state index contributed by atoms with van der Waals surface area (Å²) in [5.74, 6) is 2.02. The largest absolute Gasteiger partial charge is 0.394 e. The molecular weight excluding hydrogens is 256 g/mol. The molecule has 4 atom stereocenters. The standard InChI is InChI=1S/C10H12N4O5/c1-2-10(11)7(17)5(4-15)19-8(10)14-9(18)13-6(16)3-12-14/h1,3,5,7-8,15,17H,4,11H2,(H,13,16,18)/t5-,7?,8-,10-/m1/s1/i4D2. The highest BCUT2D eigenvalue weighted by molar-refractivity contribution is 5.22. The van der Waals surface area contributed by atoms with Gasteiger partial charge in [-0.05, 0) is 0 Å². The third-order valence-electron chi connectivity index (χ3n) is 2.80. The summed E-state index contributed by atoms with van der Waals surface area (Å²) in [5.41, 5.74) is 1.98. The van der Waals surface area contributed by atoms with Crippen LogP contribution >= 0.6 is 0 Å². The Hall–Kier alpha value is -1.99. The molecule has 0 radical (unpaired) electrons. The van der Waals surface area contributed by atoms with E-state index in [1.54, 1.807) is 0 Å². The Balaban J connectivity index is 2.55. The number of ether oxygens (including phenoxy) is 1. The number of aliphatic hydroxyl groups is 2. The lowest BCUT2D eigenvalue weighted by molar-refractivity contribution is -0.0530. The van der Waals surface area contributed by atoms with Crippen molar-refractivity contribution < 1.29 is 17.7 Å². The molecule has 1 unspecified atom stereocenters. The fourth-order valence-electron chi connectivity index (χ4n) is 1.77. The van der Waals surface area contributed by atoms with Gasteiger partial charge in [-0.15, -0.1) is 6.42 Å². The molecule has 1 aliphatic rings. The van der Waals surface area contributed by atoms with E-state index in [1.807, 2.05) is 10.9 Å². The first kappa shape index (κ1) is 10.9. The molecule has 2 heterocycles. The van der Waals surface area contributed by atoms with E-state index in [0.29, 0.717) is 4.68 Å². The zero-order valence-electron chi connectivity index (χ0n) is 11.5. The van der Waals surface area contributed by atoms with E-state index >= 15 is 0 Å². The van der Waals surface area contributed by atoms with E-state index in [1.165, 1.54) is 0 Å². The minimum atomic E-state index is -2.96. The molecule has 1 saturated heterocycles. The van der Waals surface area contributed by atoms with Crippen LogP contribution in [0.4, 0.5) is 0 Å². The van der Waals surface area contributed by atoms with E-state index in [9.17, 15) is 19.8 Å². The van der Waals surface area contributed by atoms with Crippen molar-refractivity contribution in [2.75, 3.05) is 6.56 Å². The molecule has 9 heteroatoms. The molecule has 2 rings (SSSR count). The van der Waals surface area contributed by atoms with Crippen molar-refractivity contribution in [2.24, 2.45) is 5.73 Å². The normalized spacial score (nSPS) is 36.4. The number of nitrogens with two attached hydrogens (primary N) is 1. The Labute approximate surface area is 109 Å². The lowest BCUT2D eigenvalue weighted by atomic mass is 9.92. The van der Waals surface area contributed by atoms with Gasteiger partial charge in [0.15, 0.2) is 11.8 Å². The SMILES string of the molecule is [2H]C([2H])(O)[C@H]1O[C@@H](n2ncc(=O)[nH]c2=O)[C@@](N)(C#C)C1O. The van der Waals surface area contributed by atoms with Crippen molar-refractivity contribution in [3.8, 4) is 12.3 Å². The molecule has 102 valence electrons. The maximum absolute atomic E-state index is 11.7. The van der Waals surface area contributed by atoms with Gasteiger partial charge in [-0.2, -0.15) is 9.78 Å². The van der Waals surface area contributed by atoms with Gasteiger partial charge in [0.25, 0.3) is 5.56 Å². The van der Waals surface area contributed by atoms with Crippen molar-refractivity contribution in [2.45, 2.75) is 24.0 Å². The Kier molecular flexibility index (Phi) is 2.63. The van der Waals surface area contributed by atoms with E-state index in [4.69, 9.17) is 19.6 Å². The van der Waals surface area contributed by atoms with Gasteiger partial charge in [-0.1, -0.05) is 5.92 Å². The maximum atomic E-state index is 11.7. The van der Waals surface area contributed by atoms with Gasteiger partial charge in [0, 0.05) is 0 Å². The molecule has 0 amide bonds. The van der Waals surface area contributed by atoms with Gasteiger partial charge in [0.1, 0.15) is 18.4 Å². The highest BCUT2D eigenvalue weighted by Gasteiger charge is 2.54. The summed E-state index contributed by atoms with van der Waals surface area (Å²) >= 11 is 0. The Morgan fingerprint density at radius 1 is 1.79 bits per heavy atom. The third-order valence-corrected chi connectivity index (χ3v) is 2.80. The Morgan fingerprint density at radius 2 is 2.47 bits per heavy atom. The van der Waals surface area contributed by atoms with Crippen LogP contribution in [0.1, 0.15) is 8.97 Å². The van der Waals surface area contributed by atoms with Gasteiger partial charge >= 0.3 is 5.69 Å². The second-order valence-corrected chi connectivity index (χ2v) is 3.94. The fourth-order valence-corrected chi connectivity index (χ4v) is 1.77. The van der Waals surface area contributed by atoms with E-state index in [2.05, 4.69) is 5.10 Å². The topological polar surface area (TPSA) is 143 Å². The summed E-state index contributed by atoms with van der Waals surface area (Å²) in [6.45, 7) is -2.96. The number of nitrogens with zero attached hydrogens (tertiary/aromatic N) is 2. The number of aromatic amines is 1. The quantitative estimate of drug-likeness (QED) is 0.408. The average Bonchev–Trinajstić information content (AvgIpc) is 2.63. The zero-order valence-corrected chi connectivity index (χ0v) is 9.48. The lowest BCUT2D eigenvalue weighted by Gasteiger charge is -2.26. The van der Waals surface area contributed by atoms with Gasteiger partial charge < -0.3 is 20.7 Å². The second kappa shape index (κ2) is 4.60. The highest BCUT2D eigenvalue weighted by atomic mass is 16.5. The molecule has 1 aromatic rings. The molecule has 0 bridgehead atoms. The third kappa shape index (κ3) is 1.96. The van der Waals surface area contributed by atoms with Crippen molar-refractivity contribution in [1.29, 1.82) is 0 Å². The molecule has 1 aromatic heterocycles. The van der Waals surface area contributed by atoms with Crippen molar-refractivity contribution in [3.63, 3.8) is 0 Å². The van der Waals surface area contributed by atoms with Crippen LogP contribution in [0, 0.1) is 12.3 Å². The minimum Gasteiger partial charge on any atom is -0.394 e. The Bertz CT molecular complexity index is 705. The van der Waals surface area contributed by atoms with Crippen LogP contribution in [0.5, 0.6) is 0 Å².